The van der Waals surface area contributed by atoms with Crippen LogP contribution in [0.25, 0.3) is 0 Å². The van der Waals surface area contributed by atoms with Gasteiger partial charge in [0.15, 0.2) is 11.5 Å². The van der Waals surface area contributed by atoms with Crippen LogP contribution in [-0.4, -0.2) is 44.1 Å². The molecule has 0 fully saturated rings. The molecule has 1 amide bonds. The molecule has 0 N–H and O–H groups in total. The number of hydrogen-bond acceptors (Lipinski definition) is 5. The van der Waals surface area contributed by atoms with Crippen molar-refractivity contribution in [2.45, 2.75) is 33.2 Å². The molecule has 0 bridgehead atoms. The maximum absolute atomic E-state index is 12.2. The van der Waals surface area contributed by atoms with Crippen molar-refractivity contribution in [3.8, 4) is 11.5 Å². The van der Waals surface area contributed by atoms with Gasteiger partial charge < -0.3 is 19.1 Å². The summed E-state index contributed by atoms with van der Waals surface area (Å²) in [6, 6.07) is 5.43. The Morgan fingerprint density at radius 3 is 2.35 bits per heavy atom. The maximum atomic E-state index is 12.2. The molecule has 0 aromatic heterocycles. The lowest BCUT2D eigenvalue weighted by molar-refractivity contribution is -0.149. The van der Waals surface area contributed by atoms with Crippen LogP contribution in [-0.2, 0) is 20.9 Å². The summed E-state index contributed by atoms with van der Waals surface area (Å²) in [6.07, 6.45) is 1.12. The second kappa shape index (κ2) is 9.71. The summed E-state index contributed by atoms with van der Waals surface area (Å²) in [5.74, 6) is 0.727. The number of amides is 1. The van der Waals surface area contributed by atoms with E-state index in [-0.39, 0.29) is 12.5 Å². The average molecular weight is 323 g/mol. The molecule has 1 aromatic carbocycles. The fourth-order valence-electron chi connectivity index (χ4n) is 2.17. The van der Waals surface area contributed by atoms with E-state index in [0.29, 0.717) is 31.1 Å². The van der Waals surface area contributed by atoms with E-state index in [1.165, 1.54) is 4.90 Å². The molecule has 0 aliphatic rings. The van der Waals surface area contributed by atoms with Crippen LogP contribution in [0.3, 0.4) is 0 Å². The van der Waals surface area contributed by atoms with Gasteiger partial charge in [-0.2, -0.15) is 0 Å². The highest BCUT2D eigenvalue weighted by atomic mass is 16.5. The van der Waals surface area contributed by atoms with Crippen molar-refractivity contribution in [2.75, 3.05) is 27.4 Å². The Morgan fingerprint density at radius 2 is 1.78 bits per heavy atom. The molecule has 6 nitrogen and oxygen atoms in total. The Kier molecular flexibility index (Phi) is 7.94. The van der Waals surface area contributed by atoms with Crippen molar-refractivity contribution in [3.63, 3.8) is 0 Å². The van der Waals surface area contributed by atoms with Gasteiger partial charge in [-0.25, -0.2) is 0 Å². The number of hydrogen-bond donors (Lipinski definition) is 0. The normalized spacial score (nSPS) is 10.1. The number of rotatable bonds is 9. The Balaban J connectivity index is 2.91. The van der Waals surface area contributed by atoms with Crippen molar-refractivity contribution in [1.29, 1.82) is 0 Å². The number of ether oxygens (including phenoxy) is 3. The predicted molar refractivity (Wildman–Crippen MR) is 86.5 cm³/mol. The molecule has 6 heteroatoms. The standard InChI is InChI=1S/C17H25NO5/c1-5-7-16(19)18(12-17(20)23-6-2)11-13-8-9-14(21-3)15(10-13)22-4/h8-10H,5-7,11-12H2,1-4H3. The molecule has 0 spiro atoms. The van der Waals surface area contributed by atoms with Crippen molar-refractivity contribution < 1.29 is 23.8 Å². The van der Waals surface area contributed by atoms with Crippen molar-refractivity contribution in [2.24, 2.45) is 0 Å². The third kappa shape index (κ3) is 5.81. The van der Waals surface area contributed by atoms with E-state index in [1.807, 2.05) is 13.0 Å². The molecule has 1 rings (SSSR count). The first-order valence-electron chi connectivity index (χ1n) is 7.69. The molecular weight excluding hydrogens is 298 g/mol. The zero-order chi connectivity index (χ0) is 17.2. The Hall–Kier alpha value is -2.24. The quantitative estimate of drug-likeness (QED) is 0.653. The largest absolute Gasteiger partial charge is 0.493 e. The zero-order valence-corrected chi connectivity index (χ0v) is 14.3. The van der Waals surface area contributed by atoms with Gasteiger partial charge >= 0.3 is 5.97 Å². The summed E-state index contributed by atoms with van der Waals surface area (Å²) in [7, 11) is 3.12. The molecule has 0 atom stereocenters. The van der Waals surface area contributed by atoms with Gasteiger partial charge in [-0.05, 0) is 31.0 Å². The van der Waals surface area contributed by atoms with Crippen molar-refractivity contribution in [3.05, 3.63) is 23.8 Å². The summed E-state index contributed by atoms with van der Waals surface area (Å²) in [5.41, 5.74) is 0.858. The molecule has 0 aliphatic carbocycles. The lowest BCUT2D eigenvalue weighted by Crippen LogP contribution is -2.35. The topological polar surface area (TPSA) is 65.1 Å². The van der Waals surface area contributed by atoms with Crippen LogP contribution < -0.4 is 9.47 Å². The Labute approximate surface area is 137 Å². The lowest BCUT2D eigenvalue weighted by atomic mass is 10.1. The Morgan fingerprint density at radius 1 is 1.09 bits per heavy atom. The predicted octanol–water partition coefficient (Wildman–Crippen LogP) is 2.40. The molecule has 0 radical (unpaired) electrons. The number of esters is 1. The third-order valence-corrected chi connectivity index (χ3v) is 3.26. The fourth-order valence-corrected chi connectivity index (χ4v) is 2.17. The van der Waals surface area contributed by atoms with Crippen LogP contribution in [0.2, 0.25) is 0 Å². The zero-order valence-electron chi connectivity index (χ0n) is 14.3. The fraction of sp³-hybridized carbons (Fsp3) is 0.529. The SMILES string of the molecule is CCCC(=O)N(CC(=O)OCC)Cc1ccc(OC)c(OC)c1. The minimum absolute atomic E-state index is 0.0545. The highest BCUT2D eigenvalue weighted by Crippen LogP contribution is 2.28. The van der Waals surface area contributed by atoms with Gasteiger partial charge in [-0.3, -0.25) is 9.59 Å². The van der Waals surface area contributed by atoms with Crippen LogP contribution in [0.4, 0.5) is 0 Å². The molecule has 0 heterocycles. The van der Waals surface area contributed by atoms with Gasteiger partial charge in [-0.15, -0.1) is 0 Å². The molecular formula is C17H25NO5. The number of carbonyl (C=O) groups is 2. The molecule has 0 saturated heterocycles. The van der Waals surface area contributed by atoms with Gasteiger partial charge in [0.1, 0.15) is 6.54 Å². The van der Waals surface area contributed by atoms with Crippen LogP contribution in [0, 0.1) is 0 Å². The van der Waals surface area contributed by atoms with E-state index in [1.54, 1.807) is 33.3 Å². The van der Waals surface area contributed by atoms with Crippen LogP contribution in [0.1, 0.15) is 32.3 Å². The first-order chi connectivity index (χ1) is 11.0. The average Bonchev–Trinajstić information content (AvgIpc) is 2.54. The highest BCUT2D eigenvalue weighted by molar-refractivity contribution is 5.82. The second-order valence-corrected chi connectivity index (χ2v) is 4.99. The number of nitrogens with zero attached hydrogens (tertiary/aromatic N) is 1. The van der Waals surface area contributed by atoms with Crippen LogP contribution in [0.15, 0.2) is 18.2 Å². The van der Waals surface area contributed by atoms with Gasteiger partial charge in [0.2, 0.25) is 5.91 Å². The van der Waals surface area contributed by atoms with E-state index in [9.17, 15) is 9.59 Å². The summed E-state index contributed by atoms with van der Waals surface area (Å²) >= 11 is 0. The van der Waals surface area contributed by atoms with E-state index in [2.05, 4.69) is 0 Å². The van der Waals surface area contributed by atoms with Gasteiger partial charge in [0, 0.05) is 13.0 Å². The van der Waals surface area contributed by atoms with Crippen molar-refractivity contribution >= 4 is 11.9 Å². The lowest BCUT2D eigenvalue weighted by Gasteiger charge is -2.22. The third-order valence-electron chi connectivity index (χ3n) is 3.26. The van der Waals surface area contributed by atoms with E-state index >= 15 is 0 Å². The van der Waals surface area contributed by atoms with Crippen molar-refractivity contribution in [1.82, 2.24) is 4.90 Å². The molecule has 0 saturated carbocycles. The summed E-state index contributed by atoms with van der Waals surface area (Å²) < 4.78 is 15.4. The van der Waals surface area contributed by atoms with E-state index < -0.39 is 5.97 Å². The van der Waals surface area contributed by atoms with Gasteiger partial charge in [-0.1, -0.05) is 13.0 Å². The van der Waals surface area contributed by atoms with Gasteiger partial charge in [0.05, 0.1) is 20.8 Å². The summed E-state index contributed by atoms with van der Waals surface area (Å²) in [6.45, 7) is 4.23. The number of carbonyl (C=O) groups excluding carboxylic acids is 2. The Bertz CT molecular complexity index is 530. The molecule has 0 aliphatic heterocycles. The first kappa shape index (κ1) is 18.8. The number of benzene rings is 1. The minimum atomic E-state index is -0.405. The smallest absolute Gasteiger partial charge is 0.325 e. The maximum Gasteiger partial charge on any atom is 0.325 e. The van der Waals surface area contributed by atoms with Gasteiger partial charge in [0.25, 0.3) is 0 Å². The monoisotopic (exact) mass is 323 g/mol. The second-order valence-electron chi connectivity index (χ2n) is 4.99. The molecule has 1 aromatic rings. The van der Waals surface area contributed by atoms with Crippen LogP contribution in [0.5, 0.6) is 11.5 Å². The summed E-state index contributed by atoms with van der Waals surface area (Å²) in [5, 5.41) is 0. The van der Waals surface area contributed by atoms with E-state index in [0.717, 1.165) is 12.0 Å². The first-order valence-corrected chi connectivity index (χ1v) is 7.69. The number of methoxy groups -OCH3 is 2. The molecule has 128 valence electrons. The molecule has 23 heavy (non-hydrogen) atoms. The highest BCUT2D eigenvalue weighted by Gasteiger charge is 2.18. The van der Waals surface area contributed by atoms with E-state index in [4.69, 9.17) is 14.2 Å². The summed E-state index contributed by atoms with van der Waals surface area (Å²) in [4.78, 5) is 25.4. The minimum Gasteiger partial charge on any atom is -0.493 e. The van der Waals surface area contributed by atoms with Crippen LogP contribution >= 0.6 is 0 Å². The molecule has 0 unspecified atom stereocenters.